The molecule has 2 fully saturated rings. The summed E-state index contributed by atoms with van der Waals surface area (Å²) >= 11 is 0. The average Bonchev–Trinajstić information content (AvgIpc) is 3.05. The fourth-order valence-corrected chi connectivity index (χ4v) is 8.62. The summed E-state index contributed by atoms with van der Waals surface area (Å²) in [7, 11) is -3.13. The molecule has 2 saturated heterocycles. The molecule has 13 heteroatoms. The summed E-state index contributed by atoms with van der Waals surface area (Å²) in [5, 5.41) is 6.97. The number of hydrogen-bond donors (Lipinski definition) is 2. The predicted molar refractivity (Wildman–Crippen MR) is 173 cm³/mol. The van der Waals surface area contributed by atoms with Gasteiger partial charge in [-0.2, -0.15) is 0 Å². The Kier molecular flexibility index (Phi) is 9.17. The van der Waals surface area contributed by atoms with E-state index in [1.807, 2.05) is 24.8 Å². The molecule has 4 aliphatic heterocycles. The van der Waals surface area contributed by atoms with E-state index in [9.17, 15) is 18.0 Å². The Balaban J connectivity index is 1.40. The number of pyridine rings is 1. The second-order valence-electron chi connectivity index (χ2n) is 13.0. The third kappa shape index (κ3) is 6.53. The number of benzene rings is 1. The van der Waals surface area contributed by atoms with Gasteiger partial charge in [0.15, 0.2) is 0 Å². The molecule has 0 spiro atoms. The van der Waals surface area contributed by atoms with E-state index in [1.54, 1.807) is 22.8 Å². The smallest absolute Gasteiger partial charge is 0.276 e. The molecule has 0 radical (unpaired) electrons. The van der Waals surface area contributed by atoms with E-state index in [2.05, 4.69) is 20.6 Å². The van der Waals surface area contributed by atoms with Gasteiger partial charge in [-0.05, 0) is 89.1 Å². The van der Waals surface area contributed by atoms with Crippen molar-refractivity contribution in [2.45, 2.75) is 82.8 Å². The first kappa shape index (κ1) is 32.5. The number of aromatic nitrogens is 3. The fourth-order valence-electron chi connectivity index (χ4n) is 7.13. The van der Waals surface area contributed by atoms with Crippen LogP contribution in [-0.2, 0) is 27.1 Å². The van der Waals surface area contributed by atoms with Crippen molar-refractivity contribution in [2.24, 2.45) is 5.92 Å². The van der Waals surface area contributed by atoms with Gasteiger partial charge >= 0.3 is 0 Å². The number of fused-ring (bicyclic) bond motifs is 9. The van der Waals surface area contributed by atoms with Gasteiger partial charge < -0.3 is 10.6 Å². The average molecular weight is 657 g/mol. The number of alkyl halides is 2. The number of carbonyl (C=O) groups is 1. The third-order valence-corrected chi connectivity index (χ3v) is 11.8. The van der Waals surface area contributed by atoms with E-state index in [0.717, 1.165) is 0 Å². The number of hydrogen-bond acceptors (Lipinski definition) is 8. The quantitative estimate of drug-likeness (QED) is 0.396. The Morgan fingerprint density at radius 1 is 0.957 bits per heavy atom. The number of carbonyl (C=O) groups excluding carboxylic acids is 1. The summed E-state index contributed by atoms with van der Waals surface area (Å²) in [6, 6.07) is 7.43. The maximum absolute atomic E-state index is 15.9. The number of rotatable bonds is 1. The Labute approximate surface area is 267 Å². The molecule has 4 aliphatic rings. The van der Waals surface area contributed by atoms with Gasteiger partial charge in [-0.15, -0.1) is 0 Å². The van der Waals surface area contributed by atoms with Gasteiger partial charge in [-0.25, -0.2) is 27.2 Å². The zero-order valence-electron chi connectivity index (χ0n) is 26.3. The molecule has 1 aromatic carbocycles. The molecule has 3 aromatic rings. The van der Waals surface area contributed by atoms with Gasteiger partial charge in [0.1, 0.15) is 27.6 Å². The molecule has 7 rings (SSSR count). The number of halogens is 2. The van der Waals surface area contributed by atoms with Crippen molar-refractivity contribution in [1.29, 1.82) is 0 Å². The summed E-state index contributed by atoms with van der Waals surface area (Å²) in [5.74, 6) is -3.71. The zero-order chi connectivity index (χ0) is 32.6. The molecular formula is C33H42F2N6O4S. The molecular weight excluding hydrogens is 614 g/mol. The lowest BCUT2D eigenvalue weighted by Crippen LogP contribution is -2.49. The van der Waals surface area contributed by atoms with Gasteiger partial charge in [-0.1, -0.05) is 18.2 Å². The van der Waals surface area contributed by atoms with Crippen LogP contribution in [-0.4, -0.2) is 70.9 Å². The lowest BCUT2D eigenvalue weighted by molar-refractivity contribution is -0.128. The monoisotopic (exact) mass is 656 g/mol. The molecule has 2 N–H and O–H groups in total. The van der Waals surface area contributed by atoms with Crippen LogP contribution in [0.5, 0.6) is 0 Å². The molecule has 2 atom stereocenters. The van der Waals surface area contributed by atoms with E-state index >= 15 is 8.78 Å². The van der Waals surface area contributed by atoms with Crippen LogP contribution in [0.3, 0.4) is 0 Å². The van der Waals surface area contributed by atoms with Gasteiger partial charge in [0, 0.05) is 36.2 Å². The summed E-state index contributed by atoms with van der Waals surface area (Å²) < 4.78 is 57.8. The van der Waals surface area contributed by atoms with Crippen LogP contribution in [0, 0.1) is 5.92 Å². The van der Waals surface area contributed by atoms with Crippen LogP contribution >= 0.6 is 0 Å². The second kappa shape index (κ2) is 13.0. The molecule has 2 aromatic heterocycles. The summed E-state index contributed by atoms with van der Waals surface area (Å²) in [5.41, 5.74) is 1.40. The van der Waals surface area contributed by atoms with E-state index in [0.29, 0.717) is 92.7 Å². The van der Waals surface area contributed by atoms with Gasteiger partial charge in [-0.3, -0.25) is 19.1 Å². The second-order valence-corrected chi connectivity index (χ2v) is 15.3. The van der Waals surface area contributed by atoms with Crippen molar-refractivity contribution in [2.75, 3.05) is 36.5 Å². The third-order valence-electron chi connectivity index (χ3n) is 10.1. The van der Waals surface area contributed by atoms with Crippen molar-refractivity contribution >= 4 is 32.6 Å². The van der Waals surface area contributed by atoms with Crippen LogP contribution in [0.15, 0.2) is 41.5 Å². The first-order chi connectivity index (χ1) is 21.9. The van der Waals surface area contributed by atoms with Gasteiger partial charge in [0.2, 0.25) is 5.91 Å². The number of piperidine rings is 1. The zero-order valence-corrected chi connectivity index (χ0v) is 27.2. The Morgan fingerprint density at radius 3 is 2.43 bits per heavy atom. The lowest BCUT2D eigenvalue weighted by Gasteiger charge is -2.38. The number of nitrogens with zero attached hydrogens (tertiary/aromatic N) is 4. The number of sulfone groups is 1. The van der Waals surface area contributed by atoms with Crippen molar-refractivity contribution in [3.63, 3.8) is 0 Å². The van der Waals surface area contributed by atoms with E-state index in [1.165, 1.54) is 12.4 Å². The number of nitrogens with one attached hydrogen (secondary N) is 2. The molecule has 10 nitrogen and oxygen atoms in total. The minimum absolute atomic E-state index is 0.0277. The van der Waals surface area contributed by atoms with E-state index in [-0.39, 0.29) is 34.5 Å². The number of amides is 1. The maximum Gasteiger partial charge on any atom is 0.276 e. The first-order valence-electron chi connectivity index (χ1n) is 16.3. The summed E-state index contributed by atoms with van der Waals surface area (Å²) in [6.45, 7) is 5.31. The van der Waals surface area contributed by atoms with Gasteiger partial charge in [0.25, 0.3) is 11.5 Å². The predicted octanol–water partition coefficient (Wildman–Crippen LogP) is 4.36. The molecule has 0 aliphatic carbocycles. The molecule has 0 saturated carbocycles. The van der Waals surface area contributed by atoms with E-state index in [4.69, 9.17) is 0 Å². The molecule has 6 heterocycles. The highest BCUT2D eigenvalue weighted by molar-refractivity contribution is 7.91. The minimum Gasteiger partial charge on any atom is -0.363 e. The SMILES string of the molecule is C[C@H]1Nc2ncnc3c2cc(C2CCS(=O)(=O)CC2)c(=O)n3CCCCNC(=O)[C@H](C)N2CCC(CC2)C(F)(F)c2cccc1c2. The Hall–Kier alpha value is -3.45. The van der Waals surface area contributed by atoms with Crippen LogP contribution < -0.4 is 16.2 Å². The van der Waals surface area contributed by atoms with Gasteiger partial charge in [0.05, 0.1) is 22.9 Å². The molecule has 8 bridgehead atoms. The molecule has 46 heavy (non-hydrogen) atoms. The van der Waals surface area contributed by atoms with Crippen LogP contribution in [0.1, 0.15) is 81.0 Å². The highest BCUT2D eigenvalue weighted by atomic mass is 32.2. The fraction of sp³-hybridized carbons (Fsp3) is 0.576. The lowest BCUT2D eigenvalue weighted by atomic mass is 9.85. The van der Waals surface area contributed by atoms with Crippen LogP contribution in [0.4, 0.5) is 14.6 Å². The summed E-state index contributed by atoms with van der Waals surface area (Å²) in [6.07, 6.45) is 3.91. The largest absolute Gasteiger partial charge is 0.363 e. The molecule has 1 amide bonds. The van der Waals surface area contributed by atoms with Crippen LogP contribution in [0.2, 0.25) is 0 Å². The standard InChI is InChI=1S/C33H42F2N6O4S/c1-21-24-6-5-7-26(18-24)33(34,35)25-8-14-40(15-9-25)22(2)31(42)36-12-3-4-13-41-30-28(29(39-21)37-20-38-30)19-27(32(41)43)23-10-16-46(44,45)17-11-23/h5-7,18-23,25H,3-4,8-17H2,1-2H3,(H,36,42)(H,37,38,39)/t21-,22+/m1/s1. The molecule has 248 valence electrons. The number of anilines is 1. The highest BCUT2D eigenvalue weighted by Gasteiger charge is 2.43. The van der Waals surface area contributed by atoms with Crippen molar-refractivity contribution in [3.8, 4) is 0 Å². The van der Waals surface area contributed by atoms with Crippen molar-refractivity contribution in [3.05, 3.63) is 63.7 Å². The van der Waals surface area contributed by atoms with E-state index < -0.39 is 33.8 Å². The normalized spacial score (nSPS) is 27.4. The minimum atomic E-state index is -3.13. The van der Waals surface area contributed by atoms with Crippen molar-refractivity contribution in [1.82, 2.24) is 24.8 Å². The molecule has 0 unspecified atom stereocenters. The maximum atomic E-state index is 15.9. The highest BCUT2D eigenvalue weighted by Crippen LogP contribution is 2.42. The number of aryl methyl sites for hydroxylation is 1. The van der Waals surface area contributed by atoms with Crippen molar-refractivity contribution < 1.29 is 22.0 Å². The topological polar surface area (TPSA) is 126 Å². The summed E-state index contributed by atoms with van der Waals surface area (Å²) in [4.78, 5) is 37.8. The Bertz CT molecular complexity index is 1760. The first-order valence-corrected chi connectivity index (χ1v) is 18.1. The van der Waals surface area contributed by atoms with Crippen LogP contribution in [0.25, 0.3) is 11.0 Å². The Morgan fingerprint density at radius 2 is 1.70 bits per heavy atom.